The van der Waals surface area contributed by atoms with Crippen molar-refractivity contribution in [1.82, 2.24) is 0 Å². The number of rotatable bonds is 4. The number of hydrogen-bond acceptors (Lipinski definition) is 4. The van der Waals surface area contributed by atoms with Crippen LogP contribution in [0.3, 0.4) is 0 Å². The van der Waals surface area contributed by atoms with Crippen molar-refractivity contribution < 1.29 is 14.6 Å². The van der Waals surface area contributed by atoms with Gasteiger partial charge in [-0.25, -0.2) is 4.79 Å². The highest BCUT2D eigenvalue weighted by molar-refractivity contribution is 5.90. The molecule has 0 aliphatic rings. The van der Waals surface area contributed by atoms with E-state index in [1.165, 1.54) is 0 Å². The minimum atomic E-state index is -0.400. The van der Waals surface area contributed by atoms with Crippen LogP contribution in [0.5, 0.6) is 0 Å². The standard InChI is InChI=1S/C16H17NO3/c1-11-2-7-14(8-15(11)17)16(19)20-10-13-5-3-12(9-18)4-6-13/h2-8,18H,9-10,17H2,1H3. The molecule has 0 fully saturated rings. The molecule has 0 bridgehead atoms. The summed E-state index contributed by atoms with van der Waals surface area (Å²) in [6.45, 7) is 2.08. The van der Waals surface area contributed by atoms with Crippen LogP contribution in [0.2, 0.25) is 0 Å². The Morgan fingerprint density at radius 1 is 1.15 bits per heavy atom. The van der Waals surface area contributed by atoms with Gasteiger partial charge in [-0.15, -0.1) is 0 Å². The van der Waals surface area contributed by atoms with E-state index >= 15 is 0 Å². The Balaban J connectivity index is 1.98. The number of aliphatic hydroxyl groups is 1. The summed E-state index contributed by atoms with van der Waals surface area (Å²) in [6.07, 6.45) is 0. The molecule has 0 unspecified atom stereocenters. The van der Waals surface area contributed by atoms with E-state index in [0.29, 0.717) is 11.3 Å². The van der Waals surface area contributed by atoms with Gasteiger partial charge in [0.15, 0.2) is 0 Å². The Bertz CT molecular complexity index is 606. The van der Waals surface area contributed by atoms with Crippen molar-refractivity contribution in [2.45, 2.75) is 20.1 Å². The molecule has 0 atom stereocenters. The van der Waals surface area contributed by atoms with E-state index in [9.17, 15) is 4.79 Å². The molecule has 0 aliphatic carbocycles. The zero-order valence-electron chi connectivity index (χ0n) is 11.3. The molecule has 20 heavy (non-hydrogen) atoms. The minimum absolute atomic E-state index is 0.00269. The van der Waals surface area contributed by atoms with Crippen molar-refractivity contribution >= 4 is 11.7 Å². The molecule has 0 spiro atoms. The molecule has 4 nitrogen and oxygen atoms in total. The molecule has 2 aromatic carbocycles. The molecule has 4 heteroatoms. The zero-order valence-corrected chi connectivity index (χ0v) is 11.3. The number of benzene rings is 2. The molecule has 0 saturated carbocycles. The van der Waals surface area contributed by atoms with E-state index in [4.69, 9.17) is 15.6 Å². The fourth-order valence-corrected chi connectivity index (χ4v) is 1.74. The van der Waals surface area contributed by atoms with Crippen LogP contribution in [0.25, 0.3) is 0 Å². The van der Waals surface area contributed by atoms with Gasteiger partial charge >= 0.3 is 5.97 Å². The number of carbonyl (C=O) groups excluding carboxylic acids is 1. The maximum absolute atomic E-state index is 11.9. The molecular formula is C16H17NO3. The normalized spacial score (nSPS) is 10.3. The van der Waals surface area contributed by atoms with E-state index in [0.717, 1.165) is 16.7 Å². The molecule has 0 aliphatic heterocycles. The molecule has 3 N–H and O–H groups in total. The summed E-state index contributed by atoms with van der Waals surface area (Å²) in [4.78, 5) is 11.9. The van der Waals surface area contributed by atoms with Gasteiger partial charge in [0.2, 0.25) is 0 Å². The topological polar surface area (TPSA) is 72.5 Å². The maximum atomic E-state index is 11.9. The van der Waals surface area contributed by atoms with Gasteiger partial charge in [-0.1, -0.05) is 30.3 Å². The summed E-state index contributed by atoms with van der Waals surface area (Å²) < 4.78 is 5.23. The third kappa shape index (κ3) is 3.36. The number of aliphatic hydroxyl groups excluding tert-OH is 1. The predicted octanol–water partition coefficient (Wildman–Crippen LogP) is 2.43. The van der Waals surface area contributed by atoms with Gasteiger partial charge in [-0.3, -0.25) is 0 Å². The average Bonchev–Trinajstić information content (AvgIpc) is 2.48. The van der Waals surface area contributed by atoms with Gasteiger partial charge in [-0.05, 0) is 35.7 Å². The van der Waals surface area contributed by atoms with Crippen molar-refractivity contribution in [2.24, 2.45) is 0 Å². The van der Waals surface area contributed by atoms with E-state index in [1.54, 1.807) is 30.3 Å². The van der Waals surface area contributed by atoms with Crippen LogP contribution in [-0.4, -0.2) is 11.1 Å². The van der Waals surface area contributed by atoms with Gasteiger partial charge in [0, 0.05) is 5.69 Å². The SMILES string of the molecule is Cc1ccc(C(=O)OCc2ccc(CO)cc2)cc1N. The first-order valence-electron chi connectivity index (χ1n) is 6.32. The first-order valence-corrected chi connectivity index (χ1v) is 6.32. The molecule has 2 aromatic rings. The molecule has 0 heterocycles. The quantitative estimate of drug-likeness (QED) is 0.661. The largest absolute Gasteiger partial charge is 0.457 e. The Morgan fingerprint density at radius 2 is 1.80 bits per heavy atom. The van der Waals surface area contributed by atoms with Crippen LogP contribution >= 0.6 is 0 Å². The lowest BCUT2D eigenvalue weighted by molar-refractivity contribution is 0.0472. The van der Waals surface area contributed by atoms with Crippen LogP contribution < -0.4 is 5.73 Å². The van der Waals surface area contributed by atoms with Crippen molar-refractivity contribution in [1.29, 1.82) is 0 Å². The smallest absolute Gasteiger partial charge is 0.338 e. The summed E-state index contributed by atoms with van der Waals surface area (Å²) in [5.74, 6) is -0.400. The van der Waals surface area contributed by atoms with Crippen LogP contribution in [0.1, 0.15) is 27.0 Å². The molecular weight excluding hydrogens is 254 g/mol. The number of esters is 1. The predicted molar refractivity (Wildman–Crippen MR) is 77.1 cm³/mol. The highest BCUT2D eigenvalue weighted by Gasteiger charge is 2.08. The van der Waals surface area contributed by atoms with E-state index < -0.39 is 5.97 Å². The first kappa shape index (κ1) is 14.1. The fraction of sp³-hybridized carbons (Fsp3) is 0.188. The molecule has 104 valence electrons. The van der Waals surface area contributed by atoms with Crippen molar-refractivity contribution in [3.05, 3.63) is 64.7 Å². The number of hydrogen-bond donors (Lipinski definition) is 2. The number of aryl methyl sites for hydroxylation is 1. The van der Waals surface area contributed by atoms with Crippen LogP contribution in [0.15, 0.2) is 42.5 Å². The average molecular weight is 271 g/mol. The molecule has 0 saturated heterocycles. The van der Waals surface area contributed by atoms with E-state index in [1.807, 2.05) is 19.1 Å². The van der Waals surface area contributed by atoms with Gasteiger partial charge in [-0.2, -0.15) is 0 Å². The zero-order chi connectivity index (χ0) is 14.5. The second kappa shape index (κ2) is 6.21. The lowest BCUT2D eigenvalue weighted by Crippen LogP contribution is -2.06. The van der Waals surface area contributed by atoms with Crippen molar-refractivity contribution in [2.75, 3.05) is 5.73 Å². The second-order valence-corrected chi connectivity index (χ2v) is 4.62. The van der Waals surface area contributed by atoms with Crippen molar-refractivity contribution in [3.8, 4) is 0 Å². The summed E-state index contributed by atoms with van der Waals surface area (Å²) >= 11 is 0. The number of nitrogen functional groups attached to an aromatic ring is 1. The van der Waals surface area contributed by atoms with Crippen LogP contribution in [0.4, 0.5) is 5.69 Å². The highest BCUT2D eigenvalue weighted by atomic mass is 16.5. The highest BCUT2D eigenvalue weighted by Crippen LogP contribution is 2.14. The first-order chi connectivity index (χ1) is 9.60. The summed E-state index contributed by atoms with van der Waals surface area (Å²) in [6, 6.07) is 12.3. The maximum Gasteiger partial charge on any atom is 0.338 e. The van der Waals surface area contributed by atoms with Crippen LogP contribution in [-0.2, 0) is 18.0 Å². The number of carbonyl (C=O) groups is 1. The third-order valence-corrected chi connectivity index (χ3v) is 3.09. The van der Waals surface area contributed by atoms with Crippen LogP contribution in [0, 0.1) is 6.92 Å². The molecule has 0 radical (unpaired) electrons. The minimum Gasteiger partial charge on any atom is -0.457 e. The number of ether oxygens (including phenoxy) is 1. The second-order valence-electron chi connectivity index (χ2n) is 4.62. The van der Waals surface area contributed by atoms with Gasteiger partial charge in [0.05, 0.1) is 12.2 Å². The number of anilines is 1. The molecule has 0 amide bonds. The fourth-order valence-electron chi connectivity index (χ4n) is 1.74. The summed E-state index contributed by atoms with van der Waals surface area (Å²) in [5, 5.41) is 8.95. The molecule has 0 aromatic heterocycles. The Hall–Kier alpha value is -2.33. The van der Waals surface area contributed by atoms with Gasteiger partial charge < -0.3 is 15.6 Å². The van der Waals surface area contributed by atoms with Gasteiger partial charge in [0.25, 0.3) is 0 Å². The summed E-state index contributed by atoms with van der Waals surface area (Å²) in [7, 11) is 0. The monoisotopic (exact) mass is 271 g/mol. The van der Waals surface area contributed by atoms with E-state index in [-0.39, 0.29) is 13.2 Å². The van der Waals surface area contributed by atoms with Crippen molar-refractivity contribution in [3.63, 3.8) is 0 Å². The van der Waals surface area contributed by atoms with Gasteiger partial charge in [0.1, 0.15) is 6.61 Å². The Morgan fingerprint density at radius 3 is 2.40 bits per heavy atom. The lowest BCUT2D eigenvalue weighted by Gasteiger charge is -2.07. The molecule has 2 rings (SSSR count). The Kier molecular flexibility index (Phi) is 4.38. The summed E-state index contributed by atoms with van der Waals surface area (Å²) in [5.41, 5.74) is 9.41. The third-order valence-electron chi connectivity index (χ3n) is 3.09. The van der Waals surface area contributed by atoms with E-state index in [2.05, 4.69) is 0 Å². The Labute approximate surface area is 117 Å². The lowest BCUT2D eigenvalue weighted by atomic mass is 10.1. The number of nitrogens with two attached hydrogens (primary N) is 1.